The monoisotopic (exact) mass is 197 g/mol. The summed E-state index contributed by atoms with van der Waals surface area (Å²) in [6.45, 7) is 0. The Labute approximate surface area is 84.7 Å². The summed E-state index contributed by atoms with van der Waals surface area (Å²) in [6.07, 6.45) is 7.34. The lowest BCUT2D eigenvalue weighted by Gasteiger charge is -2.30. The molecule has 0 aliphatic heterocycles. The molecule has 0 aromatic rings. The van der Waals surface area contributed by atoms with Gasteiger partial charge in [0.1, 0.15) is 6.04 Å². The molecule has 0 aromatic carbocycles. The van der Waals surface area contributed by atoms with Crippen LogP contribution in [-0.4, -0.2) is 17.1 Å². The van der Waals surface area contributed by atoms with Gasteiger partial charge in [-0.05, 0) is 37.0 Å². The highest BCUT2D eigenvalue weighted by molar-refractivity contribution is 5.73. The summed E-state index contributed by atoms with van der Waals surface area (Å²) in [5.41, 5.74) is 5.73. The molecule has 3 heteroatoms. The van der Waals surface area contributed by atoms with Crippen LogP contribution in [0, 0.1) is 17.8 Å². The normalized spacial score (nSPS) is 39.1. The second-order valence-corrected chi connectivity index (χ2v) is 4.81. The molecule has 2 rings (SSSR count). The Balaban J connectivity index is 2.03. The molecule has 0 amide bonds. The van der Waals surface area contributed by atoms with Crippen molar-refractivity contribution in [1.82, 2.24) is 0 Å². The van der Waals surface area contributed by atoms with Gasteiger partial charge in [0.2, 0.25) is 0 Å². The van der Waals surface area contributed by atoms with E-state index < -0.39 is 12.0 Å². The fraction of sp³-hybridized carbons (Fsp3) is 0.909. The molecule has 4 atom stereocenters. The Morgan fingerprint density at radius 2 is 1.93 bits per heavy atom. The Morgan fingerprint density at radius 3 is 2.64 bits per heavy atom. The van der Waals surface area contributed by atoms with E-state index in [9.17, 15) is 4.79 Å². The molecule has 0 radical (unpaired) electrons. The topological polar surface area (TPSA) is 63.3 Å². The zero-order valence-electron chi connectivity index (χ0n) is 8.48. The van der Waals surface area contributed by atoms with E-state index in [0.29, 0.717) is 5.92 Å². The molecule has 4 unspecified atom stereocenters. The second-order valence-electron chi connectivity index (χ2n) is 4.81. The zero-order valence-corrected chi connectivity index (χ0v) is 8.48. The van der Waals surface area contributed by atoms with Crippen LogP contribution in [0.5, 0.6) is 0 Å². The lowest BCUT2D eigenvalue weighted by atomic mass is 9.76. The summed E-state index contributed by atoms with van der Waals surface area (Å²) in [6, 6.07) is -0.622. The highest BCUT2D eigenvalue weighted by atomic mass is 16.4. The first kappa shape index (κ1) is 9.97. The van der Waals surface area contributed by atoms with Gasteiger partial charge in [-0.2, -0.15) is 0 Å². The van der Waals surface area contributed by atoms with Crippen molar-refractivity contribution in [1.29, 1.82) is 0 Å². The third kappa shape index (κ3) is 1.65. The molecule has 80 valence electrons. The van der Waals surface area contributed by atoms with Crippen LogP contribution in [0.3, 0.4) is 0 Å². The molecule has 0 saturated heterocycles. The smallest absolute Gasteiger partial charge is 0.320 e. The van der Waals surface area contributed by atoms with Gasteiger partial charge in [-0.15, -0.1) is 0 Å². The van der Waals surface area contributed by atoms with Crippen molar-refractivity contribution in [3.63, 3.8) is 0 Å². The molecular formula is C11H19NO2. The maximum atomic E-state index is 10.8. The Morgan fingerprint density at radius 1 is 1.21 bits per heavy atom. The fourth-order valence-electron chi connectivity index (χ4n) is 3.41. The third-order valence-electron chi connectivity index (χ3n) is 4.14. The van der Waals surface area contributed by atoms with Gasteiger partial charge in [0.25, 0.3) is 0 Å². The van der Waals surface area contributed by atoms with E-state index in [1.165, 1.54) is 32.1 Å². The number of carbonyl (C=O) groups is 1. The van der Waals surface area contributed by atoms with E-state index in [4.69, 9.17) is 10.8 Å². The predicted molar refractivity (Wildman–Crippen MR) is 53.8 cm³/mol. The predicted octanol–water partition coefficient (Wildman–Crippen LogP) is 1.61. The number of carboxylic acid groups (broad SMARTS) is 1. The standard InChI is InChI=1S/C11H19NO2/c12-10(11(13)14)9-6-5-7-3-1-2-4-8(7)9/h7-10H,1-6,12H2,(H,13,14). The van der Waals surface area contributed by atoms with E-state index in [-0.39, 0.29) is 5.92 Å². The van der Waals surface area contributed by atoms with Crippen LogP contribution in [0.1, 0.15) is 38.5 Å². The van der Waals surface area contributed by atoms with Crippen molar-refractivity contribution >= 4 is 5.97 Å². The van der Waals surface area contributed by atoms with Crippen molar-refractivity contribution in [3.05, 3.63) is 0 Å². The summed E-state index contributed by atoms with van der Waals surface area (Å²) >= 11 is 0. The molecule has 14 heavy (non-hydrogen) atoms. The second kappa shape index (κ2) is 3.89. The summed E-state index contributed by atoms with van der Waals surface area (Å²) in [5.74, 6) is 0.813. The van der Waals surface area contributed by atoms with E-state index in [1.54, 1.807) is 0 Å². The Kier molecular flexibility index (Phi) is 2.77. The number of nitrogens with two attached hydrogens (primary N) is 1. The van der Waals surface area contributed by atoms with Crippen molar-refractivity contribution < 1.29 is 9.90 Å². The molecule has 2 saturated carbocycles. The summed E-state index contributed by atoms with van der Waals surface area (Å²) in [5, 5.41) is 8.91. The van der Waals surface area contributed by atoms with Crippen LogP contribution in [0.25, 0.3) is 0 Å². The molecule has 0 bridgehead atoms. The third-order valence-corrected chi connectivity index (χ3v) is 4.14. The number of aliphatic carboxylic acids is 1. The molecule has 0 spiro atoms. The molecule has 2 aliphatic carbocycles. The van der Waals surface area contributed by atoms with Gasteiger partial charge < -0.3 is 10.8 Å². The maximum Gasteiger partial charge on any atom is 0.320 e. The number of fused-ring (bicyclic) bond motifs is 1. The van der Waals surface area contributed by atoms with Crippen molar-refractivity contribution in [3.8, 4) is 0 Å². The zero-order chi connectivity index (χ0) is 10.1. The average molecular weight is 197 g/mol. The largest absolute Gasteiger partial charge is 0.480 e. The first-order valence-corrected chi connectivity index (χ1v) is 5.68. The lowest BCUT2D eigenvalue weighted by Crippen LogP contribution is -2.40. The maximum absolute atomic E-state index is 10.8. The van der Waals surface area contributed by atoms with Crippen molar-refractivity contribution in [2.24, 2.45) is 23.5 Å². The van der Waals surface area contributed by atoms with Crippen molar-refractivity contribution in [2.75, 3.05) is 0 Å². The van der Waals surface area contributed by atoms with Gasteiger partial charge in [-0.25, -0.2) is 0 Å². The van der Waals surface area contributed by atoms with Crippen LogP contribution < -0.4 is 5.73 Å². The highest BCUT2D eigenvalue weighted by Gasteiger charge is 2.41. The van der Waals surface area contributed by atoms with Crippen LogP contribution in [0.4, 0.5) is 0 Å². The van der Waals surface area contributed by atoms with Crippen LogP contribution in [-0.2, 0) is 4.79 Å². The van der Waals surface area contributed by atoms with E-state index in [1.807, 2.05) is 0 Å². The van der Waals surface area contributed by atoms with Gasteiger partial charge in [0.05, 0.1) is 0 Å². The molecule has 2 aliphatic rings. The molecule has 3 nitrogen and oxygen atoms in total. The van der Waals surface area contributed by atoms with Gasteiger partial charge in [0.15, 0.2) is 0 Å². The van der Waals surface area contributed by atoms with Crippen LogP contribution in [0.15, 0.2) is 0 Å². The first-order valence-electron chi connectivity index (χ1n) is 5.68. The SMILES string of the molecule is NC(C(=O)O)C1CCC2CCCCC21. The van der Waals surface area contributed by atoms with Gasteiger partial charge in [0, 0.05) is 0 Å². The number of hydrogen-bond donors (Lipinski definition) is 2. The summed E-state index contributed by atoms with van der Waals surface area (Å²) in [7, 11) is 0. The minimum Gasteiger partial charge on any atom is -0.480 e. The lowest BCUT2D eigenvalue weighted by molar-refractivity contribution is -0.140. The first-order chi connectivity index (χ1) is 6.70. The number of hydrogen-bond acceptors (Lipinski definition) is 2. The minimum absolute atomic E-state index is 0.248. The minimum atomic E-state index is -0.818. The van der Waals surface area contributed by atoms with Crippen molar-refractivity contribution in [2.45, 2.75) is 44.6 Å². The van der Waals surface area contributed by atoms with E-state index >= 15 is 0 Å². The fourth-order valence-corrected chi connectivity index (χ4v) is 3.41. The molecule has 0 heterocycles. The van der Waals surface area contributed by atoms with Gasteiger partial charge in [-0.1, -0.05) is 19.3 Å². The highest BCUT2D eigenvalue weighted by Crippen LogP contribution is 2.46. The van der Waals surface area contributed by atoms with Crippen LogP contribution >= 0.6 is 0 Å². The van der Waals surface area contributed by atoms with Gasteiger partial charge in [-0.3, -0.25) is 4.79 Å². The molecule has 0 aromatic heterocycles. The van der Waals surface area contributed by atoms with E-state index in [2.05, 4.69) is 0 Å². The Hall–Kier alpha value is -0.570. The van der Waals surface area contributed by atoms with Gasteiger partial charge >= 0.3 is 5.97 Å². The number of rotatable bonds is 2. The van der Waals surface area contributed by atoms with E-state index in [0.717, 1.165) is 12.3 Å². The van der Waals surface area contributed by atoms with Crippen LogP contribution in [0.2, 0.25) is 0 Å². The summed E-state index contributed by atoms with van der Waals surface area (Å²) < 4.78 is 0. The average Bonchev–Trinajstić information content (AvgIpc) is 2.60. The molecule has 2 fully saturated rings. The Bertz CT molecular complexity index is 229. The number of carboxylic acids is 1. The molecular weight excluding hydrogens is 178 g/mol. The molecule has 3 N–H and O–H groups in total. The quantitative estimate of drug-likeness (QED) is 0.707. The summed E-state index contributed by atoms with van der Waals surface area (Å²) in [4.78, 5) is 10.8.